The molecule has 2 amide bonds. The minimum absolute atomic E-state index is 0.106. The number of carbonyl (C=O) groups is 1. The van der Waals surface area contributed by atoms with Crippen molar-refractivity contribution in [2.75, 3.05) is 0 Å². The van der Waals surface area contributed by atoms with Crippen molar-refractivity contribution in [3.05, 3.63) is 0 Å². The lowest BCUT2D eigenvalue weighted by Crippen LogP contribution is -2.56. The van der Waals surface area contributed by atoms with Gasteiger partial charge in [0.2, 0.25) is 0 Å². The highest BCUT2D eigenvalue weighted by Crippen LogP contribution is 2.71. The van der Waals surface area contributed by atoms with E-state index in [-0.39, 0.29) is 11.6 Å². The molecule has 0 radical (unpaired) electrons. The third-order valence-electron chi connectivity index (χ3n) is 14.9. The van der Waals surface area contributed by atoms with E-state index in [1.54, 1.807) is 0 Å². The van der Waals surface area contributed by atoms with Crippen LogP contribution in [0.3, 0.4) is 0 Å². The fourth-order valence-electron chi connectivity index (χ4n) is 12.7. The number of hydrogen-bond acceptors (Lipinski definition) is 2. The van der Waals surface area contributed by atoms with Gasteiger partial charge in [0, 0.05) is 12.1 Å². The number of nitrogens with one attached hydrogen (secondary N) is 2. The highest BCUT2D eigenvalue weighted by molar-refractivity contribution is 5.74. The van der Waals surface area contributed by atoms with E-state index in [9.17, 15) is 4.79 Å². The molecule has 6 saturated carbocycles. The quantitative estimate of drug-likeness (QED) is 0.372. The third-order valence-corrected chi connectivity index (χ3v) is 14.9. The fourth-order valence-corrected chi connectivity index (χ4v) is 12.7. The average Bonchev–Trinajstić information content (AvgIpc) is 3.36. The van der Waals surface area contributed by atoms with Gasteiger partial charge in [-0.15, -0.1) is 0 Å². The van der Waals surface area contributed by atoms with Crippen molar-refractivity contribution in [3.8, 4) is 0 Å². The van der Waals surface area contributed by atoms with E-state index >= 15 is 0 Å². The van der Waals surface area contributed by atoms with Gasteiger partial charge >= 0.3 is 6.03 Å². The lowest BCUT2D eigenvalue weighted by Gasteiger charge is -2.61. The summed E-state index contributed by atoms with van der Waals surface area (Å²) in [5.74, 6) is 5.82. The Morgan fingerprint density at radius 2 is 1.44 bits per heavy atom. The van der Waals surface area contributed by atoms with E-state index in [4.69, 9.17) is 4.74 Å². The summed E-state index contributed by atoms with van der Waals surface area (Å²) in [5.41, 5.74) is 1.15. The minimum atomic E-state index is 0.106. The van der Waals surface area contributed by atoms with Gasteiger partial charge in [0.25, 0.3) is 0 Å². The topological polar surface area (TPSA) is 50.4 Å². The van der Waals surface area contributed by atoms with Crippen LogP contribution in [0.5, 0.6) is 0 Å². The molecule has 0 aromatic heterocycles. The molecular formula is C35H58N2O2. The Kier molecular flexibility index (Phi) is 6.88. The average molecular weight is 539 g/mol. The zero-order valence-corrected chi connectivity index (χ0v) is 25.6. The molecule has 0 aromatic rings. The number of amides is 2. The molecule has 7 rings (SSSR count). The van der Waals surface area contributed by atoms with Gasteiger partial charge in [-0.25, -0.2) is 4.79 Å². The van der Waals surface area contributed by atoms with Gasteiger partial charge in [-0.3, -0.25) is 0 Å². The minimum Gasteiger partial charge on any atom is -0.371 e. The van der Waals surface area contributed by atoms with E-state index in [1.165, 1.54) is 96.3 Å². The Labute approximate surface area is 238 Å². The standard InChI is InChI=1S/C35H58N2O2/c1-22-12-18-35(19-13-22)23(2)31-30(39-35)21-29-27-11-10-24-20-26(37-32(38)36-25-8-6-5-7-9-25)14-16-33(24,3)28(27)15-17-34(29,31)4/h22-31H,5-21H2,1-4H3,(H2,36,37,38)/t22?,23-,24+,26-,27+,28-,29-,30-,31-,33-,34-,35?/m0/s1. The van der Waals surface area contributed by atoms with Crippen LogP contribution in [0.1, 0.15) is 137 Å². The molecule has 220 valence electrons. The second-order valence-corrected chi connectivity index (χ2v) is 16.6. The summed E-state index contributed by atoms with van der Waals surface area (Å²) in [4.78, 5) is 12.8. The molecule has 1 saturated heterocycles. The van der Waals surface area contributed by atoms with Crippen LogP contribution in [-0.4, -0.2) is 29.8 Å². The zero-order chi connectivity index (χ0) is 27.0. The number of rotatable bonds is 2. The Morgan fingerprint density at radius 1 is 0.718 bits per heavy atom. The number of carbonyl (C=O) groups excluding carboxylic acids is 1. The lowest BCUT2D eigenvalue weighted by molar-refractivity contribution is -0.128. The van der Waals surface area contributed by atoms with E-state index < -0.39 is 0 Å². The maximum Gasteiger partial charge on any atom is 0.315 e. The van der Waals surface area contributed by atoms with E-state index in [1.807, 2.05) is 0 Å². The summed E-state index contributed by atoms with van der Waals surface area (Å²) in [5, 5.41) is 6.73. The van der Waals surface area contributed by atoms with Crippen LogP contribution in [0.4, 0.5) is 4.79 Å². The molecule has 0 unspecified atom stereocenters. The summed E-state index contributed by atoms with van der Waals surface area (Å²) in [6, 6.07) is 0.870. The second-order valence-electron chi connectivity index (χ2n) is 16.6. The maximum atomic E-state index is 12.8. The largest absolute Gasteiger partial charge is 0.371 e. The van der Waals surface area contributed by atoms with Gasteiger partial charge in [0.1, 0.15) is 0 Å². The van der Waals surface area contributed by atoms with Crippen LogP contribution >= 0.6 is 0 Å². The summed E-state index contributed by atoms with van der Waals surface area (Å²) in [6.07, 6.45) is 22.7. The molecule has 2 N–H and O–H groups in total. The Hall–Kier alpha value is -0.770. The molecular weight excluding hydrogens is 480 g/mol. The van der Waals surface area contributed by atoms with E-state index in [2.05, 4.69) is 38.3 Å². The Balaban J connectivity index is 1.00. The van der Waals surface area contributed by atoms with Gasteiger partial charge in [0.05, 0.1) is 11.7 Å². The van der Waals surface area contributed by atoms with Gasteiger partial charge < -0.3 is 15.4 Å². The molecule has 1 heterocycles. The van der Waals surface area contributed by atoms with Crippen LogP contribution in [-0.2, 0) is 4.74 Å². The first kappa shape index (κ1) is 27.1. The number of ether oxygens (including phenoxy) is 1. The molecule has 6 aliphatic carbocycles. The van der Waals surface area contributed by atoms with Crippen molar-refractivity contribution in [1.29, 1.82) is 0 Å². The smallest absolute Gasteiger partial charge is 0.315 e. The summed E-state index contributed by atoms with van der Waals surface area (Å²) in [7, 11) is 0. The van der Waals surface area contributed by atoms with Gasteiger partial charge in [-0.2, -0.15) is 0 Å². The van der Waals surface area contributed by atoms with Crippen LogP contribution in [0.25, 0.3) is 0 Å². The van der Waals surface area contributed by atoms with Crippen molar-refractivity contribution in [1.82, 2.24) is 10.6 Å². The van der Waals surface area contributed by atoms with Crippen molar-refractivity contribution >= 4 is 6.03 Å². The van der Waals surface area contributed by atoms with Crippen molar-refractivity contribution < 1.29 is 9.53 Å². The van der Waals surface area contributed by atoms with E-state index in [0.29, 0.717) is 29.0 Å². The second kappa shape index (κ2) is 9.91. The fraction of sp³-hybridized carbons (Fsp3) is 0.971. The number of fused-ring (bicyclic) bond motifs is 7. The monoisotopic (exact) mass is 538 g/mol. The first-order valence-corrected chi connectivity index (χ1v) is 17.5. The summed E-state index contributed by atoms with van der Waals surface area (Å²) >= 11 is 0. The summed E-state index contributed by atoms with van der Waals surface area (Å²) in [6.45, 7) is 10.4. The third kappa shape index (κ3) is 4.34. The molecule has 0 bridgehead atoms. The molecule has 1 aliphatic heterocycles. The van der Waals surface area contributed by atoms with Gasteiger partial charge in [-0.1, -0.05) is 47.0 Å². The Bertz CT molecular complexity index is 922. The normalized spacial score (nSPS) is 53.4. The highest BCUT2D eigenvalue weighted by atomic mass is 16.5. The van der Waals surface area contributed by atoms with Crippen molar-refractivity contribution in [2.45, 2.75) is 161 Å². The zero-order valence-electron chi connectivity index (χ0n) is 25.6. The number of hydrogen-bond donors (Lipinski definition) is 2. The molecule has 10 atom stereocenters. The van der Waals surface area contributed by atoms with Crippen molar-refractivity contribution in [3.63, 3.8) is 0 Å². The molecule has 7 aliphatic rings. The molecule has 4 heteroatoms. The number of urea groups is 1. The van der Waals surface area contributed by atoms with Crippen LogP contribution in [0.2, 0.25) is 0 Å². The van der Waals surface area contributed by atoms with Crippen LogP contribution in [0.15, 0.2) is 0 Å². The highest BCUT2D eigenvalue weighted by Gasteiger charge is 2.68. The maximum absolute atomic E-state index is 12.8. The molecule has 39 heavy (non-hydrogen) atoms. The Morgan fingerprint density at radius 3 is 2.21 bits per heavy atom. The summed E-state index contributed by atoms with van der Waals surface area (Å²) < 4.78 is 7.20. The predicted molar refractivity (Wildman–Crippen MR) is 157 cm³/mol. The van der Waals surface area contributed by atoms with Crippen LogP contribution < -0.4 is 10.6 Å². The van der Waals surface area contributed by atoms with E-state index in [0.717, 1.165) is 54.3 Å². The van der Waals surface area contributed by atoms with Crippen LogP contribution in [0, 0.1) is 52.3 Å². The SMILES string of the molecule is CC1CCC2(CC1)O[C@H]1C[C@H]3[C@@H]4CC[C@@H]5C[C@@H](NC(=O)NC6CCCCC6)CC[C@]5(C)[C@H]4CC[C@]3(C)[C@H]1[C@@H]2C. The van der Waals surface area contributed by atoms with Crippen molar-refractivity contribution in [2.24, 2.45) is 52.3 Å². The first-order chi connectivity index (χ1) is 18.7. The molecule has 0 aromatic carbocycles. The molecule has 1 spiro atoms. The molecule has 4 nitrogen and oxygen atoms in total. The lowest BCUT2D eigenvalue weighted by atomic mass is 9.44. The molecule has 7 fully saturated rings. The van der Waals surface area contributed by atoms with Gasteiger partial charge in [-0.05, 0) is 142 Å². The predicted octanol–water partition coefficient (Wildman–Crippen LogP) is 8.24. The first-order valence-electron chi connectivity index (χ1n) is 17.5. The van der Waals surface area contributed by atoms with Gasteiger partial charge in [0.15, 0.2) is 0 Å².